The first-order valence-corrected chi connectivity index (χ1v) is 10.1. The zero-order chi connectivity index (χ0) is 20.7. The Balaban J connectivity index is 1.91. The van der Waals surface area contributed by atoms with E-state index in [0.29, 0.717) is 24.8 Å². The van der Waals surface area contributed by atoms with E-state index in [4.69, 9.17) is 4.52 Å². The lowest BCUT2D eigenvalue weighted by molar-refractivity contribution is -0.123. The van der Waals surface area contributed by atoms with Gasteiger partial charge in [0.25, 0.3) is 0 Å². The quantitative estimate of drug-likeness (QED) is 0.549. The van der Waals surface area contributed by atoms with Crippen LogP contribution in [0.25, 0.3) is 0 Å². The topological polar surface area (TPSA) is 98.9 Å². The summed E-state index contributed by atoms with van der Waals surface area (Å²) < 4.78 is 5.34. The number of aromatic nitrogens is 2. The SMILES string of the molecule is CCNC(=NCc1noc(C(C)(C)C)n1)N1CCN(CC(=O)NC(C)C)CC1. The van der Waals surface area contributed by atoms with Crippen molar-refractivity contribution in [2.75, 3.05) is 39.3 Å². The highest BCUT2D eigenvalue weighted by Crippen LogP contribution is 2.19. The lowest BCUT2D eigenvalue weighted by Crippen LogP contribution is -2.54. The normalized spacial score (nSPS) is 16.5. The number of aliphatic imine (C=N–C) groups is 1. The number of hydrogen-bond acceptors (Lipinski definition) is 6. The van der Waals surface area contributed by atoms with E-state index in [1.807, 2.05) is 41.5 Å². The van der Waals surface area contributed by atoms with Crippen molar-refractivity contribution in [1.82, 2.24) is 30.6 Å². The fourth-order valence-electron chi connectivity index (χ4n) is 2.88. The second-order valence-electron chi connectivity index (χ2n) is 8.42. The van der Waals surface area contributed by atoms with Gasteiger partial charge in [0, 0.05) is 44.2 Å². The summed E-state index contributed by atoms with van der Waals surface area (Å²) in [6.07, 6.45) is 0. The van der Waals surface area contributed by atoms with Crippen LogP contribution in [0.3, 0.4) is 0 Å². The van der Waals surface area contributed by atoms with Crippen LogP contribution in [0.5, 0.6) is 0 Å². The van der Waals surface area contributed by atoms with Crippen molar-refractivity contribution in [3.05, 3.63) is 11.7 Å². The van der Waals surface area contributed by atoms with Crippen LogP contribution >= 0.6 is 0 Å². The van der Waals surface area contributed by atoms with Crippen molar-refractivity contribution >= 4 is 11.9 Å². The van der Waals surface area contributed by atoms with Crippen LogP contribution in [0.1, 0.15) is 53.3 Å². The minimum atomic E-state index is -0.169. The van der Waals surface area contributed by atoms with Crippen molar-refractivity contribution in [3.8, 4) is 0 Å². The molecule has 9 heteroatoms. The maximum Gasteiger partial charge on any atom is 0.234 e. The third kappa shape index (κ3) is 6.78. The Morgan fingerprint density at radius 3 is 2.46 bits per heavy atom. The molecule has 28 heavy (non-hydrogen) atoms. The zero-order valence-electron chi connectivity index (χ0n) is 18.1. The molecule has 1 saturated heterocycles. The second kappa shape index (κ2) is 9.86. The third-order valence-corrected chi connectivity index (χ3v) is 4.30. The lowest BCUT2D eigenvalue weighted by atomic mass is 9.97. The summed E-state index contributed by atoms with van der Waals surface area (Å²) in [6, 6.07) is 0.171. The average Bonchev–Trinajstić information content (AvgIpc) is 3.08. The Morgan fingerprint density at radius 1 is 1.25 bits per heavy atom. The zero-order valence-corrected chi connectivity index (χ0v) is 18.1. The third-order valence-electron chi connectivity index (χ3n) is 4.30. The fourth-order valence-corrected chi connectivity index (χ4v) is 2.88. The van der Waals surface area contributed by atoms with Crippen LogP contribution in [0.15, 0.2) is 9.52 Å². The molecule has 1 aromatic heterocycles. The van der Waals surface area contributed by atoms with Gasteiger partial charge in [0.05, 0.1) is 6.54 Å². The largest absolute Gasteiger partial charge is 0.357 e. The Labute approximate surface area is 167 Å². The maximum absolute atomic E-state index is 11.9. The van der Waals surface area contributed by atoms with Gasteiger partial charge in [-0.05, 0) is 20.8 Å². The van der Waals surface area contributed by atoms with Crippen LogP contribution in [0, 0.1) is 0 Å². The number of carbonyl (C=O) groups is 1. The van der Waals surface area contributed by atoms with Crippen molar-refractivity contribution < 1.29 is 9.32 Å². The minimum absolute atomic E-state index is 0.0794. The Kier molecular flexibility index (Phi) is 7.79. The van der Waals surface area contributed by atoms with Gasteiger partial charge in [-0.3, -0.25) is 9.69 Å². The Bertz CT molecular complexity index is 655. The van der Waals surface area contributed by atoms with E-state index >= 15 is 0 Å². The number of nitrogens with one attached hydrogen (secondary N) is 2. The van der Waals surface area contributed by atoms with Crippen molar-refractivity contribution in [2.45, 2.75) is 59.5 Å². The van der Waals surface area contributed by atoms with Gasteiger partial charge in [0.1, 0.15) is 6.54 Å². The van der Waals surface area contributed by atoms with Gasteiger partial charge in [-0.25, -0.2) is 4.99 Å². The average molecular weight is 394 g/mol. The van der Waals surface area contributed by atoms with Gasteiger partial charge in [-0.2, -0.15) is 4.98 Å². The van der Waals surface area contributed by atoms with Gasteiger partial charge < -0.3 is 20.1 Å². The van der Waals surface area contributed by atoms with Crippen LogP contribution in [0.4, 0.5) is 0 Å². The highest BCUT2D eigenvalue weighted by molar-refractivity contribution is 5.80. The standard InChI is InChI=1S/C19H35N7O2/c1-7-20-18(21-12-15-23-17(28-24-15)19(4,5)6)26-10-8-25(9-11-26)13-16(27)22-14(2)3/h14H,7-13H2,1-6H3,(H,20,21)(H,22,27). The molecule has 0 aromatic carbocycles. The minimum Gasteiger partial charge on any atom is -0.357 e. The Morgan fingerprint density at radius 2 is 1.93 bits per heavy atom. The van der Waals surface area contributed by atoms with E-state index in [0.717, 1.165) is 38.7 Å². The van der Waals surface area contributed by atoms with E-state index in [9.17, 15) is 4.79 Å². The number of rotatable bonds is 6. The molecule has 158 valence electrons. The number of nitrogens with zero attached hydrogens (tertiary/aromatic N) is 5. The highest BCUT2D eigenvalue weighted by atomic mass is 16.5. The van der Waals surface area contributed by atoms with Crippen molar-refractivity contribution in [1.29, 1.82) is 0 Å². The number of carbonyl (C=O) groups excluding carboxylic acids is 1. The molecule has 0 aliphatic carbocycles. The van der Waals surface area contributed by atoms with E-state index in [2.05, 4.69) is 35.6 Å². The first kappa shape index (κ1) is 22.1. The molecule has 0 atom stereocenters. The molecular weight excluding hydrogens is 358 g/mol. The molecule has 1 aliphatic rings. The molecule has 0 spiro atoms. The monoisotopic (exact) mass is 393 g/mol. The summed E-state index contributed by atoms with van der Waals surface area (Å²) in [4.78, 5) is 25.5. The fraction of sp³-hybridized carbons (Fsp3) is 0.789. The summed E-state index contributed by atoms with van der Waals surface area (Å²) in [7, 11) is 0. The lowest BCUT2D eigenvalue weighted by Gasteiger charge is -2.36. The smallest absolute Gasteiger partial charge is 0.234 e. The number of guanidine groups is 1. The molecule has 0 bridgehead atoms. The van der Waals surface area contributed by atoms with E-state index in [1.54, 1.807) is 0 Å². The second-order valence-corrected chi connectivity index (χ2v) is 8.42. The summed E-state index contributed by atoms with van der Waals surface area (Å²) in [5.41, 5.74) is -0.169. The molecule has 0 radical (unpaired) electrons. The maximum atomic E-state index is 11.9. The van der Waals surface area contributed by atoms with Gasteiger partial charge >= 0.3 is 0 Å². The molecule has 2 heterocycles. The molecule has 0 unspecified atom stereocenters. The van der Waals surface area contributed by atoms with Gasteiger partial charge in [0.2, 0.25) is 11.8 Å². The van der Waals surface area contributed by atoms with Gasteiger partial charge in [0.15, 0.2) is 11.8 Å². The molecule has 1 aromatic rings. The van der Waals surface area contributed by atoms with Gasteiger partial charge in [-0.15, -0.1) is 0 Å². The molecule has 1 fully saturated rings. The molecule has 1 amide bonds. The van der Waals surface area contributed by atoms with Crippen LogP contribution in [-0.2, 0) is 16.8 Å². The molecule has 9 nitrogen and oxygen atoms in total. The molecule has 2 rings (SSSR count). The number of amides is 1. The van der Waals surface area contributed by atoms with Crippen LogP contribution in [0.2, 0.25) is 0 Å². The van der Waals surface area contributed by atoms with E-state index in [1.165, 1.54) is 0 Å². The molecule has 0 saturated carbocycles. The number of hydrogen-bond donors (Lipinski definition) is 2. The molecule has 2 N–H and O–H groups in total. The summed E-state index contributed by atoms with van der Waals surface area (Å²) in [6.45, 7) is 17.0. The van der Waals surface area contributed by atoms with Crippen molar-refractivity contribution in [2.24, 2.45) is 4.99 Å². The predicted octanol–water partition coefficient (Wildman–Crippen LogP) is 0.975. The predicted molar refractivity (Wildman–Crippen MR) is 109 cm³/mol. The summed E-state index contributed by atoms with van der Waals surface area (Å²) >= 11 is 0. The first-order chi connectivity index (χ1) is 13.2. The molecule has 1 aliphatic heterocycles. The summed E-state index contributed by atoms with van der Waals surface area (Å²) in [5, 5.41) is 10.3. The summed E-state index contributed by atoms with van der Waals surface area (Å²) in [5.74, 6) is 2.13. The highest BCUT2D eigenvalue weighted by Gasteiger charge is 2.23. The first-order valence-electron chi connectivity index (χ1n) is 10.1. The van der Waals surface area contributed by atoms with Crippen LogP contribution < -0.4 is 10.6 Å². The van der Waals surface area contributed by atoms with Crippen molar-refractivity contribution in [3.63, 3.8) is 0 Å². The Hall–Kier alpha value is -2.16. The molecular formula is C19H35N7O2. The van der Waals surface area contributed by atoms with Gasteiger partial charge in [-0.1, -0.05) is 25.9 Å². The van der Waals surface area contributed by atoms with E-state index in [-0.39, 0.29) is 17.4 Å². The van der Waals surface area contributed by atoms with Crippen LogP contribution in [-0.4, -0.2) is 77.1 Å². The van der Waals surface area contributed by atoms with E-state index < -0.39 is 0 Å². The number of piperazine rings is 1.